The van der Waals surface area contributed by atoms with Gasteiger partial charge in [0.25, 0.3) is 0 Å². The van der Waals surface area contributed by atoms with Gasteiger partial charge >= 0.3 is 0 Å². The van der Waals surface area contributed by atoms with Gasteiger partial charge in [-0.15, -0.1) is 11.3 Å². The summed E-state index contributed by atoms with van der Waals surface area (Å²) in [6, 6.07) is 3.90. The largest absolute Gasteiger partial charge is 0.303 e. The first-order valence-electron chi connectivity index (χ1n) is 7.60. The summed E-state index contributed by atoms with van der Waals surface area (Å²) in [5.74, 6) is 2.22. The van der Waals surface area contributed by atoms with Gasteiger partial charge in [0, 0.05) is 19.5 Å². The molecule has 1 aliphatic heterocycles. The first kappa shape index (κ1) is 13.3. The molecule has 104 valence electrons. The molecule has 2 aliphatic rings. The summed E-state index contributed by atoms with van der Waals surface area (Å²) in [4.78, 5) is 15.5. The summed E-state index contributed by atoms with van der Waals surface area (Å²) in [5, 5.41) is 1.99. The molecule has 1 saturated carbocycles. The Morgan fingerprint density at radius 1 is 1.32 bits per heavy atom. The fraction of sp³-hybridized carbons (Fsp3) is 0.688. The van der Waals surface area contributed by atoms with Crippen LogP contribution in [0.5, 0.6) is 0 Å². The Morgan fingerprint density at radius 2 is 2.11 bits per heavy atom. The van der Waals surface area contributed by atoms with Gasteiger partial charge in [0.15, 0.2) is 5.78 Å². The van der Waals surface area contributed by atoms with Crippen LogP contribution in [0.25, 0.3) is 0 Å². The quantitative estimate of drug-likeness (QED) is 0.762. The normalized spacial score (nSPS) is 27.4. The molecule has 2 bridgehead atoms. The number of rotatable bonds is 5. The van der Waals surface area contributed by atoms with Crippen molar-refractivity contribution in [1.29, 1.82) is 0 Å². The molecule has 1 aromatic rings. The van der Waals surface area contributed by atoms with E-state index in [2.05, 4.69) is 4.90 Å². The van der Waals surface area contributed by atoms with Gasteiger partial charge in [0.05, 0.1) is 4.88 Å². The topological polar surface area (TPSA) is 20.3 Å². The van der Waals surface area contributed by atoms with Crippen molar-refractivity contribution in [2.24, 2.45) is 11.8 Å². The molecule has 2 unspecified atom stereocenters. The SMILES string of the molecule is O=C(CCCN1CC2CCCC(C2)C1)c1cccs1. The Bertz CT molecular complexity index is 402. The third kappa shape index (κ3) is 3.46. The van der Waals surface area contributed by atoms with E-state index in [4.69, 9.17) is 0 Å². The lowest BCUT2D eigenvalue weighted by Crippen LogP contribution is -2.43. The van der Waals surface area contributed by atoms with Gasteiger partial charge in [-0.25, -0.2) is 0 Å². The summed E-state index contributed by atoms with van der Waals surface area (Å²) in [6.07, 6.45) is 7.51. The van der Waals surface area contributed by atoms with Crippen LogP contribution < -0.4 is 0 Å². The van der Waals surface area contributed by atoms with Gasteiger partial charge in [-0.05, 0) is 55.5 Å². The average molecular weight is 277 g/mol. The summed E-state index contributed by atoms with van der Waals surface area (Å²) >= 11 is 1.57. The van der Waals surface area contributed by atoms with E-state index in [0.717, 1.165) is 29.7 Å². The maximum Gasteiger partial charge on any atom is 0.172 e. The number of thiophene rings is 1. The van der Waals surface area contributed by atoms with Crippen molar-refractivity contribution in [2.45, 2.75) is 38.5 Å². The van der Waals surface area contributed by atoms with Crippen LogP contribution in [0.4, 0.5) is 0 Å². The first-order chi connectivity index (χ1) is 9.31. The third-order valence-electron chi connectivity index (χ3n) is 4.60. The molecule has 1 aliphatic carbocycles. The predicted octanol–water partition coefficient (Wildman–Crippen LogP) is 3.83. The van der Waals surface area contributed by atoms with E-state index < -0.39 is 0 Å². The third-order valence-corrected chi connectivity index (χ3v) is 5.51. The second-order valence-electron chi connectivity index (χ2n) is 6.16. The molecule has 0 N–H and O–H groups in total. The smallest absolute Gasteiger partial charge is 0.172 e. The molecule has 0 spiro atoms. The van der Waals surface area contributed by atoms with Crippen LogP contribution in [0.15, 0.2) is 17.5 Å². The van der Waals surface area contributed by atoms with Crippen molar-refractivity contribution in [3.05, 3.63) is 22.4 Å². The Kier molecular flexibility index (Phi) is 4.34. The molecule has 0 radical (unpaired) electrons. The minimum Gasteiger partial charge on any atom is -0.303 e. The Labute approximate surface area is 119 Å². The molecular weight excluding hydrogens is 254 g/mol. The highest BCUT2D eigenvalue weighted by Crippen LogP contribution is 2.34. The maximum absolute atomic E-state index is 11.9. The lowest BCUT2D eigenvalue weighted by atomic mass is 9.78. The van der Waals surface area contributed by atoms with Gasteiger partial charge in [-0.2, -0.15) is 0 Å². The molecule has 2 fully saturated rings. The summed E-state index contributed by atoms with van der Waals surface area (Å²) < 4.78 is 0. The second kappa shape index (κ2) is 6.19. The molecule has 1 aromatic heterocycles. The number of carbonyl (C=O) groups excluding carboxylic acids is 1. The van der Waals surface area contributed by atoms with Gasteiger partial charge in [-0.3, -0.25) is 4.79 Å². The Hall–Kier alpha value is -0.670. The number of piperidine rings is 1. The summed E-state index contributed by atoms with van der Waals surface area (Å²) in [5.41, 5.74) is 0. The van der Waals surface area contributed by atoms with E-state index in [1.165, 1.54) is 38.8 Å². The van der Waals surface area contributed by atoms with Gasteiger partial charge in [-0.1, -0.05) is 12.5 Å². The fourth-order valence-corrected chi connectivity index (χ4v) is 4.44. The maximum atomic E-state index is 11.9. The van der Waals surface area contributed by atoms with E-state index in [1.807, 2.05) is 17.5 Å². The zero-order chi connectivity index (χ0) is 13.1. The Morgan fingerprint density at radius 3 is 2.79 bits per heavy atom. The molecule has 2 nitrogen and oxygen atoms in total. The molecule has 1 saturated heterocycles. The van der Waals surface area contributed by atoms with Crippen molar-refractivity contribution in [2.75, 3.05) is 19.6 Å². The Balaban J connectivity index is 1.41. The number of hydrogen-bond donors (Lipinski definition) is 0. The standard InChI is InChI=1S/C16H23NOS/c18-15(16-7-3-9-19-16)6-2-8-17-11-13-4-1-5-14(10-13)12-17/h3,7,9,13-14H,1-2,4-6,8,10-12H2. The minimum atomic E-state index is 0.326. The summed E-state index contributed by atoms with van der Waals surface area (Å²) in [7, 11) is 0. The minimum absolute atomic E-state index is 0.326. The fourth-order valence-electron chi connectivity index (χ4n) is 3.75. The molecule has 2 atom stereocenters. The molecular formula is C16H23NOS. The second-order valence-corrected chi connectivity index (χ2v) is 7.11. The van der Waals surface area contributed by atoms with E-state index in [0.29, 0.717) is 12.2 Å². The molecule has 0 amide bonds. The van der Waals surface area contributed by atoms with Crippen molar-refractivity contribution < 1.29 is 4.79 Å². The number of ketones is 1. The zero-order valence-electron chi connectivity index (χ0n) is 11.5. The number of likely N-dealkylation sites (tertiary alicyclic amines) is 1. The molecule has 19 heavy (non-hydrogen) atoms. The first-order valence-corrected chi connectivity index (χ1v) is 8.48. The van der Waals surface area contributed by atoms with Crippen molar-refractivity contribution in [1.82, 2.24) is 4.90 Å². The van der Waals surface area contributed by atoms with Crippen LogP contribution >= 0.6 is 11.3 Å². The van der Waals surface area contributed by atoms with Gasteiger partial charge in [0.1, 0.15) is 0 Å². The highest BCUT2D eigenvalue weighted by Gasteiger charge is 2.29. The average Bonchev–Trinajstić information content (AvgIpc) is 2.92. The molecule has 3 heteroatoms. The van der Waals surface area contributed by atoms with Crippen LogP contribution in [-0.2, 0) is 0 Å². The van der Waals surface area contributed by atoms with Crippen LogP contribution in [-0.4, -0.2) is 30.3 Å². The van der Waals surface area contributed by atoms with Crippen LogP contribution in [0.2, 0.25) is 0 Å². The number of fused-ring (bicyclic) bond motifs is 2. The van der Waals surface area contributed by atoms with Crippen molar-refractivity contribution >= 4 is 17.1 Å². The number of hydrogen-bond acceptors (Lipinski definition) is 3. The number of nitrogens with zero attached hydrogens (tertiary/aromatic N) is 1. The van der Waals surface area contributed by atoms with Crippen molar-refractivity contribution in [3.8, 4) is 0 Å². The van der Waals surface area contributed by atoms with Crippen molar-refractivity contribution in [3.63, 3.8) is 0 Å². The van der Waals surface area contributed by atoms with E-state index >= 15 is 0 Å². The lowest BCUT2D eigenvalue weighted by molar-refractivity contribution is 0.0822. The lowest BCUT2D eigenvalue weighted by Gasteiger charge is -2.41. The van der Waals surface area contributed by atoms with Crippen LogP contribution in [0, 0.1) is 11.8 Å². The van der Waals surface area contributed by atoms with Crippen LogP contribution in [0.1, 0.15) is 48.2 Å². The molecule has 0 aromatic carbocycles. The predicted molar refractivity (Wildman–Crippen MR) is 79.8 cm³/mol. The highest BCUT2D eigenvalue weighted by atomic mass is 32.1. The number of Topliss-reactive ketones (excluding diaryl/α,β-unsaturated/α-hetero) is 1. The van der Waals surface area contributed by atoms with E-state index in [1.54, 1.807) is 11.3 Å². The number of carbonyl (C=O) groups is 1. The van der Waals surface area contributed by atoms with Gasteiger partial charge < -0.3 is 4.90 Å². The van der Waals surface area contributed by atoms with E-state index in [9.17, 15) is 4.79 Å². The summed E-state index contributed by atoms with van der Waals surface area (Å²) in [6.45, 7) is 3.68. The van der Waals surface area contributed by atoms with Crippen LogP contribution in [0.3, 0.4) is 0 Å². The van der Waals surface area contributed by atoms with E-state index in [-0.39, 0.29) is 0 Å². The molecule has 2 heterocycles. The molecule has 3 rings (SSSR count). The van der Waals surface area contributed by atoms with Gasteiger partial charge in [0.2, 0.25) is 0 Å². The highest BCUT2D eigenvalue weighted by molar-refractivity contribution is 7.12. The monoisotopic (exact) mass is 277 g/mol. The zero-order valence-corrected chi connectivity index (χ0v) is 12.3.